The smallest absolute Gasteiger partial charge is 0.250 e. The van der Waals surface area contributed by atoms with Crippen LogP contribution in [0.3, 0.4) is 0 Å². The van der Waals surface area contributed by atoms with E-state index in [9.17, 15) is 4.79 Å². The molecule has 5 nitrogen and oxygen atoms in total. The highest BCUT2D eigenvalue weighted by molar-refractivity contribution is 7.14. The van der Waals surface area contributed by atoms with Crippen molar-refractivity contribution in [2.75, 3.05) is 19.5 Å². The zero-order chi connectivity index (χ0) is 15.9. The summed E-state index contributed by atoms with van der Waals surface area (Å²) >= 11 is 7.00. The average Bonchev–Trinajstić information content (AvgIpc) is 3.00. The quantitative estimate of drug-likeness (QED) is 0.646. The molecule has 0 spiro atoms. The zero-order valence-corrected chi connectivity index (χ0v) is 13.7. The Balaban J connectivity index is 2.05. The van der Waals surface area contributed by atoms with Crippen LogP contribution < -0.4 is 14.8 Å². The fourth-order valence-electron chi connectivity index (χ4n) is 1.69. The predicted molar refractivity (Wildman–Crippen MR) is 88.9 cm³/mol. The molecule has 0 saturated heterocycles. The van der Waals surface area contributed by atoms with Gasteiger partial charge in [0.25, 0.3) is 0 Å². The van der Waals surface area contributed by atoms with Crippen molar-refractivity contribution in [3.63, 3.8) is 0 Å². The Morgan fingerprint density at radius 2 is 2.23 bits per heavy atom. The molecule has 2 rings (SSSR count). The van der Waals surface area contributed by atoms with Crippen LogP contribution in [0.2, 0.25) is 0 Å². The van der Waals surface area contributed by atoms with Crippen LogP contribution in [-0.2, 0) is 10.7 Å². The highest BCUT2D eigenvalue weighted by atomic mass is 35.5. The summed E-state index contributed by atoms with van der Waals surface area (Å²) in [5.41, 5.74) is 1.52. The monoisotopic (exact) mass is 338 g/mol. The molecule has 1 amide bonds. The van der Waals surface area contributed by atoms with Crippen LogP contribution >= 0.6 is 22.9 Å². The van der Waals surface area contributed by atoms with Crippen LogP contribution in [0.25, 0.3) is 6.08 Å². The highest BCUT2D eigenvalue weighted by Gasteiger charge is 2.05. The number of ether oxygens (including phenoxy) is 2. The molecule has 0 aliphatic rings. The first-order valence-corrected chi connectivity index (χ1v) is 7.79. The summed E-state index contributed by atoms with van der Waals surface area (Å²) in [5.74, 6) is 1.37. The third kappa shape index (κ3) is 4.22. The van der Waals surface area contributed by atoms with Crippen LogP contribution in [0.4, 0.5) is 5.13 Å². The minimum atomic E-state index is -0.270. The van der Waals surface area contributed by atoms with E-state index >= 15 is 0 Å². The number of amides is 1. The van der Waals surface area contributed by atoms with Gasteiger partial charge in [0.05, 0.1) is 25.8 Å². The van der Waals surface area contributed by atoms with Gasteiger partial charge in [-0.1, -0.05) is 0 Å². The number of anilines is 1. The number of nitrogens with one attached hydrogen (secondary N) is 1. The second kappa shape index (κ2) is 7.82. The van der Waals surface area contributed by atoms with Gasteiger partial charge in [0, 0.05) is 23.1 Å². The molecule has 1 heterocycles. The Morgan fingerprint density at radius 3 is 2.86 bits per heavy atom. The first kappa shape index (κ1) is 16.3. The zero-order valence-electron chi connectivity index (χ0n) is 12.1. The van der Waals surface area contributed by atoms with E-state index in [4.69, 9.17) is 21.1 Å². The van der Waals surface area contributed by atoms with Gasteiger partial charge in [0.15, 0.2) is 5.13 Å². The lowest BCUT2D eigenvalue weighted by Gasteiger charge is -2.07. The number of aromatic nitrogens is 1. The van der Waals surface area contributed by atoms with Crippen molar-refractivity contribution in [2.45, 2.75) is 5.88 Å². The summed E-state index contributed by atoms with van der Waals surface area (Å²) in [7, 11) is 3.15. The highest BCUT2D eigenvalue weighted by Crippen LogP contribution is 2.25. The Labute approximate surface area is 137 Å². The summed E-state index contributed by atoms with van der Waals surface area (Å²) in [6.07, 6.45) is 3.09. The van der Waals surface area contributed by atoms with E-state index in [-0.39, 0.29) is 5.91 Å². The Morgan fingerprint density at radius 1 is 1.41 bits per heavy atom. The van der Waals surface area contributed by atoms with Gasteiger partial charge in [0.2, 0.25) is 5.91 Å². The summed E-state index contributed by atoms with van der Waals surface area (Å²) in [4.78, 5) is 16.0. The molecule has 0 radical (unpaired) electrons. The number of carbonyl (C=O) groups excluding carboxylic acids is 1. The fraction of sp³-hybridized carbons (Fsp3) is 0.200. The average molecular weight is 339 g/mol. The van der Waals surface area contributed by atoms with Crippen LogP contribution in [0, 0.1) is 0 Å². The fourth-order valence-corrected chi connectivity index (χ4v) is 2.64. The molecule has 1 N–H and O–H groups in total. The summed E-state index contributed by atoms with van der Waals surface area (Å²) in [5, 5.41) is 5.01. The van der Waals surface area contributed by atoms with Crippen LogP contribution in [0.5, 0.6) is 11.5 Å². The second-order valence-corrected chi connectivity index (χ2v) is 5.33. The number of halogens is 1. The second-order valence-electron chi connectivity index (χ2n) is 4.21. The number of carbonyl (C=O) groups is 1. The molecule has 22 heavy (non-hydrogen) atoms. The molecular weight excluding hydrogens is 324 g/mol. The van der Waals surface area contributed by atoms with Crippen molar-refractivity contribution in [2.24, 2.45) is 0 Å². The molecule has 1 aromatic carbocycles. The number of alkyl halides is 1. The van der Waals surface area contributed by atoms with E-state index in [1.807, 2.05) is 6.07 Å². The Kier molecular flexibility index (Phi) is 5.80. The minimum absolute atomic E-state index is 0.270. The van der Waals surface area contributed by atoms with Crippen molar-refractivity contribution in [3.8, 4) is 11.5 Å². The molecule has 2 aromatic rings. The lowest BCUT2D eigenvalue weighted by molar-refractivity contribution is -0.111. The topological polar surface area (TPSA) is 60.5 Å². The predicted octanol–water partition coefficient (Wildman–Crippen LogP) is 3.55. The van der Waals surface area contributed by atoms with Crippen molar-refractivity contribution in [3.05, 3.63) is 40.9 Å². The van der Waals surface area contributed by atoms with Gasteiger partial charge in [0.1, 0.15) is 11.5 Å². The van der Waals surface area contributed by atoms with Crippen molar-refractivity contribution >= 4 is 40.1 Å². The van der Waals surface area contributed by atoms with Gasteiger partial charge in [-0.05, 0) is 18.2 Å². The maximum absolute atomic E-state index is 11.9. The molecule has 0 aliphatic heterocycles. The van der Waals surface area contributed by atoms with Crippen LogP contribution in [0.15, 0.2) is 29.7 Å². The van der Waals surface area contributed by atoms with Gasteiger partial charge in [-0.3, -0.25) is 10.1 Å². The minimum Gasteiger partial charge on any atom is -0.497 e. The molecule has 1 aromatic heterocycles. The third-order valence-corrected chi connectivity index (χ3v) is 3.85. The Bertz CT molecular complexity index is 685. The molecule has 0 aliphatic carbocycles. The number of hydrogen-bond acceptors (Lipinski definition) is 5. The number of rotatable bonds is 6. The summed E-state index contributed by atoms with van der Waals surface area (Å²) < 4.78 is 10.4. The molecule has 0 atom stereocenters. The largest absolute Gasteiger partial charge is 0.497 e. The molecule has 0 saturated carbocycles. The number of benzene rings is 1. The first-order chi connectivity index (χ1) is 10.7. The van der Waals surface area contributed by atoms with E-state index in [0.717, 1.165) is 11.3 Å². The van der Waals surface area contributed by atoms with Crippen LogP contribution in [0.1, 0.15) is 11.3 Å². The van der Waals surface area contributed by atoms with Crippen molar-refractivity contribution in [1.29, 1.82) is 0 Å². The van der Waals surface area contributed by atoms with Crippen molar-refractivity contribution in [1.82, 2.24) is 4.98 Å². The molecule has 0 fully saturated rings. The summed E-state index contributed by atoms with van der Waals surface area (Å²) in [6.45, 7) is 0. The lowest BCUT2D eigenvalue weighted by Crippen LogP contribution is -2.07. The standard InChI is InChI=1S/C15H15ClN2O3S/c1-20-12-5-3-10(13(7-12)21-2)4-6-14(19)18-15-17-11(8-16)9-22-15/h3-7,9H,8H2,1-2H3,(H,17,18,19)/b6-4+. The van der Waals surface area contributed by atoms with E-state index in [2.05, 4.69) is 10.3 Å². The van der Waals surface area contributed by atoms with Crippen molar-refractivity contribution < 1.29 is 14.3 Å². The summed E-state index contributed by atoms with van der Waals surface area (Å²) in [6, 6.07) is 5.37. The van der Waals surface area contributed by atoms with Gasteiger partial charge in [-0.15, -0.1) is 22.9 Å². The maximum Gasteiger partial charge on any atom is 0.250 e. The number of thiazole rings is 1. The molecule has 7 heteroatoms. The number of nitrogens with zero attached hydrogens (tertiary/aromatic N) is 1. The van der Waals surface area contributed by atoms with Gasteiger partial charge < -0.3 is 9.47 Å². The van der Waals surface area contributed by atoms with Crippen LogP contribution in [-0.4, -0.2) is 25.1 Å². The SMILES string of the molecule is COc1ccc(/C=C/C(=O)Nc2nc(CCl)cs2)c(OC)c1. The molecule has 0 unspecified atom stereocenters. The number of methoxy groups -OCH3 is 2. The molecule has 0 bridgehead atoms. The maximum atomic E-state index is 11.9. The first-order valence-electron chi connectivity index (χ1n) is 6.37. The lowest BCUT2D eigenvalue weighted by atomic mass is 10.1. The van der Waals surface area contributed by atoms with E-state index < -0.39 is 0 Å². The van der Waals surface area contributed by atoms with E-state index in [1.54, 1.807) is 37.8 Å². The number of hydrogen-bond donors (Lipinski definition) is 1. The van der Waals surface area contributed by atoms with Gasteiger partial charge >= 0.3 is 0 Å². The Hall–Kier alpha value is -2.05. The molecular formula is C15H15ClN2O3S. The van der Waals surface area contributed by atoms with E-state index in [0.29, 0.717) is 22.5 Å². The molecule has 116 valence electrons. The van der Waals surface area contributed by atoms with E-state index in [1.165, 1.54) is 17.4 Å². The third-order valence-electron chi connectivity index (χ3n) is 2.77. The van der Waals surface area contributed by atoms with Gasteiger partial charge in [-0.25, -0.2) is 4.98 Å². The normalized spacial score (nSPS) is 10.7. The van der Waals surface area contributed by atoms with Gasteiger partial charge in [-0.2, -0.15) is 0 Å².